The molecule has 1 aromatic carbocycles. The summed E-state index contributed by atoms with van der Waals surface area (Å²) in [6.07, 6.45) is 2.15. The topological polar surface area (TPSA) is 29.3 Å². The molecule has 1 aromatic rings. The molecule has 16 heavy (non-hydrogen) atoms. The van der Waals surface area contributed by atoms with Crippen molar-refractivity contribution in [1.82, 2.24) is 0 Å². The number of anilines is 2. The average molecular weight is 261 g/mol. The van der Waals surface area contributed by atoms with E-state index in [1.54, 1.807) is 6.07 Å². The van der Waals surface area contributed by atoms with Crippen molar-refractivity contribution in [1.29, 1.82) is 0 Å². The Balaban J connectivity index is 3.07. The Bertz CT molecular complexity index is 362. The first-order valence-electron chi connectivity index (χ1n) is 5.48. The molecule has 0 radical (unpaired) electrons. The maximum absolute atomic E-state index is 6.01. The zero-order chi connectivity index (χ0) is 12.3. The van der Waals surface area contributed by atoms with Crippen LogP contribution in [0.3, 0.4) is 0 Å². The SMILES string of the molecule is CCC(CC)N(C)c1cc(Cl)c(Cl)cc1N. The van der Waals surface area contributed by atoms with Crippen molar-refractivity contribution >= 4 is 34.6 Å². The summed E-state index contributed by atoms with van der Waals surface area (Å²) in [5, 5.41) is 1.05. The van der Waals surface area contributed by atoms with Gasteiger partial charge < -0.3 is 10.6 Å². The summed E-state index contributed by atoms with van der Waals surface area (Å²) < 4.78 is 0. The van der Waals surface area contributed by atoms with Crippen molar-refractivity contribution in [3.05, 3.63) is 22.2 Å². The summed E-state index contributed by atoms with van der Waals surface area (Å²) in [5.41, 5.74) is 7.57. The van der Waals surface area contributed by atoms with Gasteiger partial charge in [0.05, 0.1) is 21.4 Å². The lowest BCUT2D eigenvalue weighted by molar-refractivity contribution is 0.592. The van der Waals surface area contributed by atoms with Gasteiger partial charge in [-0.3, -0.25) is 0 Å². The first kappa shape index (κ1) is 13.5. The number of hydrogen-bond acceptors (Lipinski definition) is 2. The van der Waals surface area contributed by atoms with Gasteiger partial charge in [-0.2, -0.15) is 0 Å². The number of rotatable bonds is 4. The Labute approximate surface area is 107 Å². The zero-order valence-electron chi connectivity index (χ0n) is 9.93. The van der Waals surface area contributed by atoms with Crippen LogP contribution in [0, 0.1) is 0 Å². The van der Waals surface area contributed by atoms with Crippen LogP contribution < -0.4 is 10.6 Å². The highest BCUT2D eigenvalue weighted by Gasteiger charge is 2.15. The minimum atomic E-state index is 0.472. The fourth-order valence-corrected chi connectivity index (χ4v) is 2.22. The van der Waals surface area contributed by atoms with E-state index in [-0.39, 0.29) is 0 Å². The molecule has 0 aliphatic heterocycles. The van der Waals surface area contributed by atoms with Crippen LogP contribution in [0.25, 0.3) is 0 Å². The molecule has 0 aliphatic carbocycles. The van der Waals surface area contributed by atoms with E-state index >= 15 is 0 Å². The lowest BCUT2D eigenvalue weighted by Gasteiger charge is -2.29. The summed E-state index contributed by atoms with van der Waals surface area (Å²) in [6.45, 7) is 4.33. The fraction of sp³-hybridized carbons (Fsp3) is 0.500. The highest BCUT2D eigenvalue weighted by molar-refractivity contribution is 6.42. The highest BCUT2D eigenvalue weighted by atomic mass is 35.5. The van der Waals surface area contributed by atoms with E-state index in [9.17, 15) is 0 Å². The molecule has 0 spiro atoms. The number of nitrogens with zero attached hydrogens (tertiary/aromatic N) is 1. The molecule has 0 atom stereocenters. The van der Waals surface area contributed by atoms with Crippen molar-refractivity contribution in [3.8, 4) is 0 Å². The van der Waals surface area contributed by atoms with Gasteiger partial charge in [0, 0.05) is 13.1 Å². The van der Waals surface area contributed by atoms with Gasteiger partial charge in [-0.05, 0) is 25.0 Å². The second-order valence-corrected chi connectivity index (χ2v) is 4.72. The molecule has 0 heterocycles. The monoisotopic (exact) mass is 260 g/mol. The maximum atomic E-state index is 6.01. The van der Waals surface area contributed by atoms with Gasteiger partial charge in [-0.1, -0.05) is 37.0 Å². The first-order valence-corrected chi connectivity index (χ1v) is 6.24. The van der Waals surface area contributed by atoms with Crippen molar-refractivity contribution in [2.75, 3.05) is 17.7 Å². The van der Waals surface area contributed by atoms with Crippen LogP contribution in [0.1, 0.15) is 26.7 Å². The maximum Gasteiger partial charge on any atom is 0.0615 e. The van der Waals surface area contributed by atoms with Crippen molar-refractivity contribution in [2.24, 2.45) is 0 Å². The predicted octanol–water partition coefficient (Wildman–Crippen LogP) is 4.20. The number of nitrogens with two attached hydrogens (primary N) is 1. The molecule has 4 heteroatoms. The average Bonchev–Trinajstić information content (AvgIpc) is 2.25. The van der Waals surface area contributed by atoms with Crippen LogP contribution in [0.5, 0.6) is 0 Å². The third kappa shape index (κ3) is 2.74. The Morgan fingerprint density at radius 2 is 1.69 bits per heavy atom. The van der Waals surface area contributed by atoms with Crippen molar-refractivity contribution < 1.29 is 0 Å². The third-order valence-corrected chi connectivity index (χ3v) is 3.66. The van der Waals surface area contributed by atoms with E-state index in [4.69, 9.17) is 28.9 Å². The van der Waals surface area contributed by atoms with E-state index in [1.165, 1.54) is 0 Å². The van der Waals surface area contributed by atoms with Gasteiger partial charge in [0.25, 0.3) is 0 Å². The smallest absolute Gasteiger partial charge is 0.0615 e. The van der Waals surface area contributed by atoms with Crippen LogP contribution in [0.4, 0.5) is 11.4 Å². The second kappa shape index (κ2) is 5.65. The van der Waals surface area contributed by atoms with Crippen LogP contribution in [-0.4, -0.2) is 13.1 Å². The molecule has 0 bridgehead atoms. The lowest BCUT2D eigenvalue weighted by Crippen LogP contribution is -2.30. The molecular weight excluding hydrogens is 243 g/mol. The lowest BCUT2D eigenvalue weighted by atomic mass is 10.1. The second-order valence-electron chi connectivity index (χ2n) is 3.91. The van der Waals surface area contributed by atoms with Gasteiger partial charge in [0.15, 0.2) is 0 Å². The van der Waals surface area contributed by atoms with Crippen LogP contribution in [-0.2, 0) is 0 Å². The zero-order valence-corrected chi connectivity index (χ0v) is 11.4. The molecule has 90 valence electrons. The highest BCUT2D eigenvalue weighted by Crippen LogP contribution is 2.33. The van der Waals surface area contributed by atoms with Gasteiger partial charge in [0.2, 0.25) is 0 Å². The largest absolute Gasteiger partial charge is 0.397 e. The number of halogens is 2. The Kier molecular flexibility index (Phi) is 4.75. The summed E-state index contributed by atoms with van der Waals surface area (Å²) in [7, 11) is 2.04. The minimum Gasteiger partial charge on any atom is -0.397 e. The standard InChI is InChI=1S/C12H18Cl2N2/c1-4-8(5-2)16(3)12-7-10(14)9(13)6-11(12)15/h6-8H,4-5,15H2,1-3H3. The van der Waals surface area contributed by atoms with Crippen LogP contribution in [0.15, 0.2) is 12.1 Å². The molecule has 0 amide bonds. The molecule has 0 aliphatic rings. The van der Waals surface area contributed by atoms with E-state index in [1.807, 2.05) is 13.1 Å². The summed E-state index contributed by atoms with van der Waals surface area (Å²) in [5.74, 6) is 0. The van der Waals surface area contributed by atoms with Crippen molar-refractivity contribution in [3.63, 3.8) is 0 Å². The van der Waals surface area contributed by atoms with Gasteiger partial charge in [0.1, 0.15) is 0 Å². The first-order chi connectivity index (χ1) is 7.51. The van der Waals surface area contributed by atoms with E-state index in [0.717, 1.165) is 18.5 Å². The van der Waals surface area contributed by atoms with E-state index in [0.29, 0.717) is 21.8 Å². The van der Waals surface area contributed by atoms with Gasteiger partial charge >= 0.3 is 0 Å². The number of nitrogen functional groups attached to an aromatic ring is 1. The van der Waals surface area contributed by atoms with E-state index < -0.39 is 0 Å². The summed E-state index contributed by atoms with van der Waals surface area (Å²) in [6, 6.07) is 4.01. The normalized spacial score (nSPS) is 10.9. The van der Waals surface area contributed by atoms with Crippen LogP contribution in [0.2, 0.25) is 10.0 Å². The predicted molar refractivity (Wildman–Crippen MR) is 73.6 cm³/mol. The third-order valence-electron chi connectivity index (χ3n) is 2.94. The number of hydrogen-bond donors (Lipinski definition) is 1. The van der Waals surface area contributed by atoms with E-state index in [2.05, 4.69) is 18.7 Å². The molecule has 2 nitrogen and oxygen atoms in total. The quantitative estimate of drug-likeness (QED) is 0.823. The minimum absolute atomic E-state index is 0.472. The van der Waals surface area contributed by atoms with Crippen LogP contribution >= 0.6 is 23.2 Å². The Morgan fingerprint density at radius 3 is 2.19 bits per heavy atom. The molecule has 0 saturated heterocycles. The molecule has 0 fully saturated rings. The molecule has 0 unspecified atom stereocenters. The fourth-order valence-electron chi connectivity index (χ4n) is 1.89. The molecule has 1 rings (SSSR count). The van der Waals surface area contributed by atoms with Gasteiger partial charge in [-0.15, -0.1) is 0 Å². The molecular formula is C12H18Cl2N2. The molecule has 0 saturated carbocycles. The Hall–Kier alpha value is -0.600. The molecule has 2 N–H and O–H groups in total. The van der Waals surface area contributed by atoms with Gasteiger partial charge in [-0.25, -0.2) is 0 Å². The van der Waals surface area contributed by atoms with Crippen molar-refractivity contribution in [2.45, 2.75) is 32.7 Å². The Morgan fingerprint density at radius 1 is 1.19 bits per heavy atom. The molecule has 0 aromatic heterocycles. The number of benzene rings is 1. The summed E-state index contributed by atoms with van der Waals surface area (Å²) >= 11 is 11.9. The summed E-state index contributed by atoms with van der Waals surface area (Å²) in [4.78, 5) is 2.16.